The van der Waals surface area contributed by atoms with E-state index in [1.165, 1.54) is 4.90 Å². The van der Waals surface area contributed by atoms with Gasteiger partial charge in [-0.15, -0.1) is 0 Å². The number of carbonyl (C=O) groups excluding carboxylic acids is 2. The summed E-state index contributed by atoms with van der Waals surface area (Å²) in [5.74, 6) is -0.419. The van der Waals surface area contributed by atoms with Crippen molar-refractivity contribution in [2.24, 2.45) is 0 Å². The molecule has 0 N–H and O–H groups in total. The molecule has 1 saturated heterocycles. The van der Waals surface area contributed by atoms with Crippen molar-refractivity contribution < 1.29 is 14.3 Å². The molecule has 5 heteroatoms. The van der Waals surface area contributed by atoms with Crippen LogP contribution in [0.4, 0.5) is 5.69 Å². The minimum Gasteiger partial charge on any atom is -0.459 e. The van der Waals surface area contributed by atoms with Gasteiger partial charge < -0.3 is 4.74 Å². The molecule has 1 aliphatic heterocycles. The highest BCUT2D eigenvalue weighted by atomic mass is 79.9. The number of carbonyl (C=O) groups is 2. The highest BCUT2D eigenvalue weighted by Crippen LogP contribution is 2.32. The van der Waals surface area contributed by atoms with Gasteiger partial charge in [0.25, 0.3) is 0 Å². The number of hydrogen-bond donors (Lipinski definition) is 0. The summed E-state index contributed by atoms with van der Waals surface area (Å²) >= 11 is 3.41. The van der Waals surface area contributed by atoms with Crippen molar-refractivity contribution in [2.45, 2.75) is 24.4 Å². The fourth-order valence-corrected chi connectivity index (χ4v) is 3.07. The van der Waals surface area contributed by atoms with Gasteiger partial charge in [0.05, 0.1) is 6.42 Å². The standard InChI is InChI=1S/C18H16BrNO3/c19-11-14-8-4-5-9-15(14)20-16(10-17(20)21)18(22)23-12-13-6-2-1-3-7-13/h1-9,16H,10-12H2. The Hall–Kier alpha value is -2.14. The van der Waals surface area contributed by atoms with E-state index in [9.17, 15) is 9.59 Å². The molecular weight excluding hydrogens is 358 g/mol. The minimum atomic E-state index is -0.536. The third kappa shape index (κ3) is 3.29. The lowest BCUT2D eigenvalue weighted by molar-refractivity contribution is -0.151. The molecular formula is C18H16BrNO3. The first-order valence-electron chi connectivity index (χ1n) is 7.37. The van der Waals surface area contributed by atoms with Crippen molar-refractivity contribution >= 4 is 33.5 Å². The number of benzene rings is 2. The third-order valence-corrected chi connectivity index (χ3v) is 4.44. The van der Waals surface area contributed by atoms with Gasteiger partial charge in [-0.1, -0.05) is 64.5 Å². The lowest BCUT2D eigenvalue weighted by Crippen LogP contribution is -2.57. The first kappa shape index (κ1) is 15.7. The van der Waals surface area contributed by atoms with Crippen LogP contribution in [0.2, 0.25) is 0 Å². The molecule has 0 spiro atoms. The summed E-state index contributed by atoms with van der Waals surface area (Å²) in [6.45, 7) is 0.221. The molecule has 0 aliphatic carbocycles. The first-order chi connectivity index (χ1) is 11.2. The van der Waals surface area contributed by atoms with Crippen LogP contribution < -0.4 is 4.90 Å². The molecule has 2 aromatic rings. The maximum absolute atomic E-state index is 12.3. The lowest BCUT2D eigenvalue weighted by Gasteiger charge is -2.39. The van der Waals surface area contributed by atoms with Gasteiger partial charge in [-0.2, -0.15) is 0 Å². The molecule has 23 heavy (non-hydrogen) atoms. The summed E-state index contributed by atoms with van der Waals surface area (Å²) in [4.78, 5) is 25.8. The number of alkyl halides is 1. The third-order valence-electron chi connectivity index (χ3n) is 3.84. The van der Waals surface area contributed by atoms with Gasteiger partial charge in [0.1, 0.15) is 12.6 Å². The molecule has 1 heterocycles. The van der Waals surface area contributed by atoms with Crippen molar-refractivity contribution in [3.8, 4) is 0 Å². The molecule has 2 aromatic carbocycles. The second-order valence-corrected chi connectivity index (χ2v) is 5.90. The monoisotopic (exact) mass is 373 g/mol. The van der Waals surface area contributed by atoms with Crippen LogP contribution in [0.5, 0.6) is 0 Å². The van der Waals surface area contributed by atoms with E-state index in [2.05, 4.69) is 15.9 Å². The molecule has 1 aliphatic rings. The predicted molar refractivity (Wildman–Crippen MR) is 91.2 cm³/mol. The van der Waals surface area contributed by atoms with Gasteiger partial charge in [0, 0.05) is 11.0 Å². The van der Waals surface area contributed by atoms with Crippen molar-refractivity contribution in [3.05, 3.63) is 65.7 Å². The van der Waals surface area contributed by atoms with Crippen LogP contribution in [0.15, 0.2) is 54.6 Å². The number of halogens is 1. The Morgan fingerprint density at radius 2 is 1.83 bits per heavy atom. The van der Waals surface area contributed by atoms with Gasteiger partial charge >= 0.3 is 5.97 Å². The zero-order valence-electron chi connectivity index (χ0n) is 12.4. The van der Waals surface area contributed by atoms with Crippen LogP contribution in [0.1, 0.15) is 17.5 Å². The van der Waals surface area contributed by atoms with Crippen molar-refractivity contribution in [1.29, 1.82) is 0 Å². The number of ether oxygens (including phenoxy) is 1. The Labute approximate surface area is 143 Å². The molecule has 1 fully saturated rings. The zero-order chi connectivity index (χ0) is 16.2. The lowest BCUT2D eigenvalue weighted by atomic mass is 9.99. The average Bonchev–Trinajstić information content (AvgIpc) is 2.59. The SMILES string of the molecule is O=C(OCc1ccccc1)C1CC(=O)N1c1ccccc1CBr. The zero-order valence-corrected chi connectivity index (χ0v) is 14.0. The molecule has 0 radical (unpaired) electrons. The number of rotatable bonds is 5. The maximum atomic E-state index is 12.3. The Bertz CT molecular complexity index is 717. The molecule has 118 valence electrons. The molecule has 1 amide bonds. The van der Waals surface area contributed by atoms with Crippen LogP contribution in [0.25, 0.3) is 0 Å². The van der Waals surface area contributed by atoms with E-state index in [1.807, 2.05) is 54.6 Å². The van der Waals surface area contributed by atoms with E-state index in [0.29, 0.717) is 5.33 Å². The number of anilines is 1. The van der Waals surface area contributed by atoms with E-state index in [1.54, 1.807) is 0 Å². The van der Waals surface area contributed by atoms with E-state index in [0.717, 1.165) is 16.8 Å². The Balaban J connectivity index is 1.70. The number of nitrogens with zero attached hydrogens (tertiary/aromatic N) is 1. The van der Waals surface area contributed by atoms with Crippen LogP contribution in [0, 0.1) is 0 Å². The smallest absolute Gasteiger partial charge is 0.330 e. The Morgan fingerprint density at radius 3 is 2.52 bits per heavy atom. The molecule has 1 atom stereocenters. The summed E-state index contributed by atoms with van der Waals surface area (Å²) in [7, 11) is 0. The minimum absolute atomic E-state index is 0.0555. The summed E-state index contributed by atoms with van der Waals surface area (Å²) in [5, 5.41) is 0.624. The summed E-state index contributed by atoms with van der Waals surface area (Å²) in [5.41, 5.74) is 2.67. The summed E-state index contributed by atoms with van der Waals surface area (Å²) < 4.78 is 5.36. The van der Waals surface area contributed by atoms with Crippen molar-refractivity contribution in [1.82, 2.24) is 0 Å². The highest BCUT2D eigenvalue weighted by molar-refractivity contribution is 9.08. The van der Waals surface area contributed by atoms with Gasteiger partial charge in [-0.05, 0) is 17.2 Å². The number of β-lactam (4-membered cyclic amide) rings is 1. The highest BCUT2D eigenvalue weighted by Gasteiger charge is 2.44. The number of esters is 1. The van der Waals surface area contributed by atoms with E-state index < -0.39 is 6.04 Å². The van der Waals surface area contributed by atoms with Crippen LogP contribution in [-0.2, 0) is 26.3 Å². The predicted octanol–water partition coefficient (Wildman–Crippen LogP) is 3.43. The Kier molecular flexibility index (Phi) is 4.76. The van der Waals surface area contributed by atoms with Crippen molar-refractivity contribution in [3.63, 3.8) is 0 Å². The number of amides is 1. The van der Waals surface area contributed by atoms with Crippen LogP contribution in [0.3, 0.4) is 0 Å². The summed E-state index contributed by atoms with van der Waals surface area (Å²) in [6.07, 6.45) is 0.199. The Morgan fingerprint density at radius 1 is 1.13 bits per heavy atom. The topological polar surface area (TPSA) is 46.6 Å². The van der Waals surface area contributed by atoms with E-state index in [-0.39, 0.29) is 24.9 Å². The maximum Gasteiger partial charge on any atom is 0.330 e. The number of para-hydroxylation sites is 1. The second-order valence-electron chi connectivity index (χ2n) is 5.34. The average molecular weight is 374 g/mol. The van der Waals surface area contributed by atoms with Crippen LogP contribution >= 0.6 is 15.9 Å². The van der Waals surface area contributed by atoms with Crippen LogP contribution in [-0.4, -0.2) is 17.9 Å². The normalized spacial score (nSPS) is 16.8. The van der Waals surface area contributed by atoms with Gasteiger partial charge in [-0.3, -0.25) is 9.69 Å². The molecule has 0 aromatic heterocycles. The molecule has 4 nitrogen and oxygen atoms in total. The van der Waals surface area contributed by atoms with E-state index >= 15 is 0 Å². The van der Waals surface area contributed by atoms with Crippen molar-refractivity contribution in [2.75, 3.05) is 4.90 Å². The van der Waals surface area contributed by atoms with Gasteiger partial charge in [0.2, 0.25) is 5.91 Å². The molecule has 0 bridgehead atoms. The number of hydrogen-bond acceptors (Lipinski definition) is 3. The largest absolute Gasteiger partial charge is 0.459 e. The molecule has 0 saturated carbocycles. The quantitative estimate of drug-likeness (QED) is 0.458. The van der Waals surface area contributed by atoms with E-state index in [4.69, 9.17) is 4.74 Å². The molecule has 3 rings (SSSR count). The first-order valence-corrected chi connectivity index (χ1v) is 8.49. The summed E-state index contributed by atoms with van der Waals surface area (Å²) in [6, 6.07) is 16.5. The van der Waals surface area contributed by atoms with Gasteiger partial charge in [-0.25, -0.2) is 4.79 Å². The fourth-order valence-electron chi connectivity index (χ4n) is 2.59. The second kappa shape index (κ2) is 6.96. The molecule has 1 unspecified atom stereocenters. The van der Waals surface area contributed by atoms with Gasteiger partial charge in [0.15, 0.2) is 0 Å². The fraction of sp³-hybridized carbons (Fsp3) is 0.222.